The van der Waals surface area contributed by atoms with Crippen molar-refractivity contribution in [1.82, 2.24) is 15.4 Å². The predicted octanol–water partition coefficient (Wildman–Crippen LogP) is 3.73. The maximum absolute atomic E-state index is 13.3. The Kier molecular flexibility index (Phi) is 6.98. The highest BCUT2D eigenvalue weighted by Crippen LogP contribution is 2.34. The van der Waals surface area contributed by atoms with Crippen molar-refractivity contribution >= 4 is 5.91 Å². The number of methoxy groups -OCH3 is 2. The van der Waals surface area contributed by atoms with Crippen LogP contribution in [0.15, 0.2) is 22.7 Å². The van der Waals surface area contributed by atoms with Crippen LogP contribution in [0.3, 0.4) is 0 Å². The number of hydrogen-bond donors (Lipinski definition) is 1. The fourth-order valence-electron chi connectivity index (χ4n) is 4.96. The second kappa shape index (κ2) is 9.75. The van der Waals surface area contributed by atoms with E-state index in [2.05, 4.69) is 37.3 Å². The number of benzene rings is 1. The Morgan fingerprint density at radius 1 is 1.15 bits per heavy atom. The number of aromatic nitrogens is 1. The molecule has 1 saturated heterocycles. The van der Waals surface area contributed by atoms with Gasteiger partial charge in [0, 0.05) is 31.0 Å². The summed E-state index contributed by atoms with van der Waals surface area (Å²) in [5, 5.41) is 7.82. The fourth-order valence-corrected chi connectivity index (χ4v) is 4.96. The molecule has 180 valence electrons. The van der Waals surface area contributed by atoms with Crippen LogP contribution in [-0.4, -0.2) is 49.8 Å². The van der Waals surface area contributed by atoms with Crippen LogP contribution < -0.4 is 14.8 Å². The van der Waals surface area contributed by atoms with Gasteiger partial charge < -0.3 is 24.2 Å². The lowest BCUT2D eigenvalue weighted by Gasteiger charge is -2.35. The number of nitrogens with one attached hydrogen (secondary N) is 1. The summed E-state index contributed by atoms with van der Waals surface area (Å²) >= 11 is 0. The van der Waals surface area contributed by atoms with Crippen molar-refractivity contribution in [2.45, 2.75) is 58.4 Å². The molecule has 1 N–H and O–H groups in total. The van der Waals surface area contributed by atoms with E-state index in [0.29, 0.717) is 30.6 Å². The molecule has 2 atom stereocenters. The zero-order valence-electron chi connectivity index (χ0n) is 20.6. The molecular weight excluding hydrogens is 418 g/mol. The van der Waals surface area contributed by atoms with Gasteiger partial charge in [0.15, 0.2) is 11.5 Å². The molecule has 2 aliphatic rings. The van der Waals surface area contributed by atoms with Gasteiger partial charge >= 0.3 is 0 Å². The summed E-state index contributed by atoms with van der Waals surface area (Å²) in [4.78, 5) is 15.3. The Morgan fingerprint density at radius 3 is 2.55 bits per heavy atom. The lowest BCUT2D eigenvalue weighted by molar-refractivity contribution is -0.133. The Labute approximate surface area is 196 Å². The monoisotopic (exact) mass is 455 g/mol. The first kappa shape index (κ1) is 23.6. The van der Waals surface area contributed by atoms with Crippen LogP contribution in [0.2, 0.25) is 0 Å². The summed E-state index contributed by atoms with van der Waals surface area (Å²) < 4.78 is 16.5. The molecule has 7 nitrogen and oxygen atoms in total. The molecule has 0 radical (unpaired) electrons. The molecular formula is C26H37N3O4. The average molecular weight is 456 g/mol. The molecule has 0 spiro atoms. The lowest BCUT2D eigenvalue weighted by atomic mass is 9.80. The minimum atomic E-state index is -0.0529. The number of amides is 1. The van der Waals surface area contributed by atoms with Crippen LogP contribution >= 0.6 is 0 Å². The van der Waals surface area contributed by atoms with E-state index in [1.54, 1.807) is 14.2 Å². The number of carbonyl (C=O) groups is 1. The van der Waals surface area contributed by atoms with E-state index in [0.717, 1.165) is 61.7 Å². The van der Waals surface area contributed by atoms with Gasteiger partial charge in [0.1, 0.15) is 5.76 Å². The summed E-state index contributed by atoms with van der Waals surface area (Å²) in [5.41, 5.74) is 3.31. The quantitative estimate of drug-likeness (QED) is 0.715. The minimum Gasteiger partial charge on any atom is -0.493 e. The molecule has 3 heterocycles. The predicted molar refractivity (Wildman–Crippen MR) is 127 cm³/mol. The van der Waals surface area contributed by atoms with Crippen LogP contribution in [0.25, 0.3) is 0 Å². The molecule has 1 aromatic heterocycles. The first-order chi connectivity index (χ1) is 15.8. The van der Waals surface area contributed by atoms with Crippen LogP contribution in [0, 0.1) is 11.8 Å². The maximum Gasteiger partial charge on any atom is 0.223 e. The number of rotatable bonds is 6. The van der Waals surface area contributed by atoms with E-state index >= 15 is 0 Å². The van der Waals surface area contributed by atoms with Crippen molar-refractivity contribution in [3.05, 3.63) is 40.8 Å². The first-order valence-corrected chi connectivity index (χ1v) is 12.0. The molecule has 2 aliphatic heterocycles. The largest absolute Gasteiger partial charge is 0.493 e. The van der Waals surface area contributed by atoms with Crippen LogP contribution in [-0.2, 0) is 29.6 Å². The third-order valence-corrected chi connectivity index (χ3v) is 7.04. The van der Waals surface area contributed by atoms with E-state index in [1.165, 1.54) is 5.56 Å². The molecule has 1 fully saturated rings. The number of piperidine rings is 1. The van der Waals surface area contributed by atoms with Crippen molar-refractivity contribution in [3.63, 3.8) is 0 Å². The lowest BCUT2D eigenvalue weighted by Crippen LogP contribution is -2.42. The zero-order chi connectivity index (χ0) is 23.6. The Morgan fingerprint density at radius 2 is 1.88 bits per heavy atom. The topological polar surface area (TPSA) is 76.8 Å². The Bertz CT molecular complexity index is 978. The summed E-state index contributed by atoms with van der Waals surface area (Å²) in [6, 6.07) is 6.14. The van der Waals surface area contributed by atoms with Crippen LogP contribution in [0.5, 0.6) is 11.5 Å². The van der Waals surface area contributed by atoms with Crippen molar-refractivity contribution in [2.24, 2.45) is 11.8 Å². The number of nitrogens with zero attached hydrogens (tertiary/aromatic N) is 2. The van der Waals surface area contributed by atoms with Gasteiger partial charge in [0.05, 0.1) is 19.9 Å². The van der Waals surface area contributed by atoms with Gasteiger partial charge in [-0.05, 0) is 67.4 Å². The van der Waals surface area contributed by atoms with Gasteiger partial charge in [-0.15, -0.1) is 0 Å². The molecule has 0 saturated carbocycles. The van der Waals surface area contributed by atoms with Crippen molar-refractivity contribution in [3.8, 4) is 11.5 Å². The summed E-state index contributed by atoms with van der Waals surface area (Å²) in [6.45, 7) is 9.63. The van der Waals surface area contributed by atoms with Gasteiger partial charge in [0.2, 0.25) is 5.91 Å². The van der Waals surface area contributed by atoms with Crippen LogP contribution in [0.4, 0.5) is 0 Å². The molecule has 1 aromatic carbocycles. The highest BCUT2D eigenvalue weighted by atomic mass is 16.5. The summed E-state index contributed by atoms with van der Waals surface area (Å²) in [6.07, 6.45) is 3.27. The van der Waals surface area contributed by atoms with Gasteiger partial charge in [-0.1, -0.05) is 25.9 Å². The molecule has 2 aromatic rings. The number of fused-ring (bicyclic) bond motifs is 1. The highest BCUT2D eigenvalue weighted by molar-refractivity contribution is 5.77. The maximum atomic E-state index is 13.3. The molecule has 0 aliphatic carbocycles. The average Bonchev–Trinajstić information content (AvgIpc) is 3.28. The number of hydrogen-bond acceptors (Lipinski definition) is 6. The van der Waals surface area contributed by atoms with Crippen molar-refractivity contribution in [2.75, 3.05) is 33.9 Å². The van der Waals surface area contributed by atoms with Gasteiger partial charge in [0.25, 0.3) is 0 Å². The highest BCUT2D eigenvalue weighted by Gasteiger charge is 2.31. The fraction of sp³-hybridized carbons (Fsp3) is 0.615. The van der Waals surface area contributed by atoms with Crippen molar-refractivity contribution < 1.29 is 18.8 Å². The van der Waals surface area contributed by atoms with Crippen molar-refractivity contribution in [1.29, 1.82) is 0 Å². The Balaban J connectivity index is 1.41. The molecule has 7 heteroatoms. The number of ether oxygens (including phenoxy) is 2. The molecule has 0 bridgehead atoms. The van der Waals surface area contributed by atoms with Crippen LogP contribution in [0.1, 0.15) is 56.2 Å². The zero-order valence-corrected chi connectivity index (χ0v) is 20.6. The SMILES string of the molecule is COc1cc2c(cc1OC)CN(C(=O)C[C@@H]1CCNC[C@H]1Cc1cc(C(C)(C)C)on1)CC2. The van der Waals surface area contributed by atoms with Gasteiger partial charge in [-0.25, -0.2) is 0 Å². The standard InChI is InChI=1S/C26H37N3O4/c1-26(2,3)24-14-21(28-33-24)10-19-15-27-8-6-17(19)13-25(30)29-9-7-18-11-22(31-4)23(32-5)12-20(18)16-29/h11-12,14,17,19,27H,6-10,13,15-16H2,1-5H3/t17-,19+/m0/s1. The summed E-state index contributed by atoms with van der Waals surface area (Å²) in [5.74, 6) is 3.33. The number of carbonyl (C=O) groups excluding carboxylic acids is 1. The smallest absolute Gasteiger partial charge is 0.223 e. The second-order valence-corrected chi connectivity index (χ2v) is 10.4. The molecule has 4 rings (SSSR count). The normalized spacial score (nSPS) is 20.9. The van der Waals surface area contributed by atoms with E-state index in [1.807, 2.05) is 17.0 Å². The van der Waals surface area contributed by atoms with E-state index in [-0.39, 0.29) is 11.3 Å². The van der Waals surface area contributed by atoms with E-state index < -0.39 is 0 Å². The van der Waals surface area contributed by atoms with E-state index in [4.69, 9.17) is 14.0 Å². The van der Waals surface area contributed by atoms with E-state index in [9.17, 15) is 4.79 Å². The molecule has 33 heavy (non-hydrogen) atoms. The third kappa shape index (κ3) is 5.35. The van der Waals surface area contributed by atoms with Gasteiger partial charge in [-0.3, -0.25) is 4.79 Å². The summed E-state index contributed by atoms with van der Waals surface area (Å²) in [7, 11) is 3.30. The third-order valence-electron chi connectivity index (χ3n) is 7.04. The van der Waals surface area contributed by atoms with Gasteiger partial charge in [-0.2, -0.15) is 0 Å². The molecule has 0 unspecified atom stereocenters. The molecule has 1 amide bonds. The minimum absolute atomic E-state index is 0.0529. The Hall–Kier alpha value is -2.54. The second-order valence-electron chi connectivity index (χ2n) is 10.4. The first-order valence-electron chi connectivity index (χ1n) is 12.0.